The van der Waals surface area contributed by atoms with Gasteiger partial charge in [-0.25, -0.2) is 0 Å². The number of thioether (sulfide) groups is 1. The molecule has 0 radical (unpaired) electrons. The van der Waals surface area contributed by atoms with Crippen LogP contribution in [0.3, 0.4) is 0 Å². The number of alkyl halides is 3. The first-order valence-corrected chi connectivity index (χ1v) is 8.54. The van der Waals surface area contributed by atoms with Crippen molar-refractivity contribution in [2.75, 3.05) is 0 Å². The molecule has 1 amide bonds. The summed E-state index contributed by atoms with van der Waals surface area (Å²) in [5, 5.41) is 2.09. The second kappa shape index (κ2) is 7.60. The second-order valence-electron chi connectivity index (χ2n) is 4.64. The van der Waals surface area contributed by atoms with Crippen LogP contribution in [0.1, 0.15) is 15.9 Å². The van der Waals surface area contributed by atoms with Gasteiger partial charge in [-0.2, -0.15) is 0 Å². The fraction of sp³-hybridized carbons (Fsp3) is 0.188. The van der Waals surface area contributed by atoms with E-state index in [1.807, 2.05) is 49.4 Å². The summed E-state index contributed by atoms with van der Waals surface area (Å²) in [4.78, 5) is 13.3. The predicted molar refractivity (Wildman–Crippen MR) is 95.0 cm³/mol. The van der Waals surface area contributed by atoms with Crippen LogP contribution in [-0.4, -0.2) is 15.1 Å². The van der Waals surface area contributed by atoms with Gasteiger partial charge in [-0.1, -0.05) is 83.0 Å². The number of rotatable bonds is 4. The SMILES string of the molecule is Cc1ccccc1C(=O)N[C@H](Sc1ccccc1)C(Cl)(Cl)Cl. The van der Waals surface area contributed by atoms with Crippen molar-refractivity contribution in [3.63, 3.8) is 0 Å². The van der Waals surface area contributed by atoms with E-state index in [2.05, 4.69) is 5.32 Å². The summed E-state index contributed by atoms with van der Waals surface area (Å²) in [5.74, 6) is -0.266. The van der Waals surface area contributed by atoms with E-state index in [9.17, 15) is 4.79 Å². The van der Waals surface area contributed by atoms with Crippen LogP contribution in [0.2, 0.25) is 0 Å². The van der Waals surface area contributed by atoms with Crippen LogP contribution < -0.4 is 5.32 Å². The van der Waals surface area contributed by atoms with Gasteiger partial charge in [0.05, 0.1) is 0 Å². The lowest BCUT2D eigenvalue weighted by Crippen LogP contribution is -2.41. The average molecular weight is 375 g/mol. The van der Waals surface area contributed by atoms with E-state index < -0.39 is 9.17 Å². The van der Waals surface area contributed by atoms with E-state index in [0.717, 1.165) is 10.5 Å². The summed E-state index contributed by atoms with van der Waals surface area (Å²) < 4.78 is -1.63. The summed E-state index contributed by atoms with van der Waals surface area (Å²) >= 11 is 19.3. The number of carbonyl (C=O) groups is 1. The van der Waals surface area contributed by atoms with Gasteiger partial charge >= 0.3 is 0 Å². The third-order valence-electron chi connectivity index (χ3n) is 2.95. The van der Waals surface area contributed by atoms with Gasteiger partial charge in [0.1, 0.15) is 5.37 Å². The minimum absolute atomic E-state index is 0.266. The lowest BCUT2D eigenvalue weighted by atomic mass is 10.1. The van der Waals surface area contributed by atoms with E-state index in [4.69, 9.17) is 34.8 Å². The molecule has 2 aromatic carbocycles. The maximum Gasteiger partial charge on any atom is 0.252 e. The summed E-state index contributed by atoms with van der Waals surface area (Å²) in [5.41, 5.74) is 1.43. The molecule has 6 heteroatoms. The first-order valence-electron chi connectivity index (χ1n) is 6.53. The van der Waals surface area contributed by atoms with Gasteiger partial charge in [0.25, 0.3) is 5.91 Å². The number of hydrogen-bond acceptors (Lipinski definition) is 2. The van der Waals surface area contributed by atoms with Crippen molar-refractivity contribution in [2.24, 2.45) is 0 Å². The fourth-order valence-corrected chi connectivity index (χ4v) is 3.29. The number of benzene rings is 2. The Balaban J connectivity index is 2.17. The average Bonchev–Trinajstić information content (AvgIpc) is 2.47. The van der Waals surface area contributed by atoms with Gasteiger partial charge < -0.3 is 5.32 Å². The molecule has 0 heterocycles. The fourth-order valence-electron chi connectivity index (χ4n) is 1.84. The molecule has 0 unspecified atom stereocenters. The van der Waals surface area contributed by atoms with E-state index in [1.165, 1.54) is 11.8 Å². The summed E-state index contributed by atoms with van der Waals surface area (Å²) in [6, 6.07) is 16.8. The van der Waals surface area contributed by atoms with Gasteiger partial charge in [-0.05, 0) is 30.7 Å². The molecule has 2 rings (SSSR count). The number of carbonyl (C=O) groups excluding carboxylic acids is 1. The number of amides is 1. The Kier molecular flexibility index (Phi) is 6.04. The minimum atomic E-state index is -1.63. The van der Waals surface area contributed by atoms with Gasteiger partial charge in [0.2, 0.25) is 3.79 Å². The highest BCUT2D eigenvalue weighted by Crippen LogP contribution is 2.39. The standard InChI is InChI=1S/C16H14Cl3NOS/c1-11-7-5-6-10-13(11)14(21)20-15(16(17,18)19)22-12-8-3-2-4-9-12/h2-10,15H,1H3,(H,20,21)/t15-/m1/s1. The van der Waals surface area contributed by atoms with E-state index in [1.54, 1.807) is 12.1 Å². The van der Waals surface area contributed by atoms with Crippen molar-refractivity contribution in [1.29, 1.82) is 0 Å². The summed E-state index contributed by atoms with van der Waals surface area (Å²) in [6.45, 7) is 1.86. The molecule has 0 spiro atoms. The molecule has 0 bridgehead atoms. The highest BCUT2D eigenvalue weighted by Gasteiger charge is 2.35. The Morgan fingerprint density at radius 3 is 2.23 bits per heavy atom. The number of hydrogen-bond donors (Lipinski definition) is 1. The van der Waals surface area contributed by atoms with Crippen LogP contribution in [-0.2, 0) is 0 Å². The lowest BCUT2D eigenvalue weighted by Gasteiger charge is -2.25. The van der Waals surface area contributed by atoms with Crippen LogP contribution in [0.15, 0.2) is 59.5 Å². The zero-order valence-corrected chi connectivity index (χ0v) is 14.8. The molecule has 0 aliphatic heterocycles. The quantitative estimate of drug-likeness (QED) is 0.452. The molecule has 2 aromatic rings. The highest BCUT2D eigenvalue weighted by atomic mass is 35.6. The van der Waals surface area contributed by atoms with Crippen molar-refractivity contribution in [3.05, 3.63) is 65.7 Å². The van der Waals surface area contributed by atoms with Crippen LogP contribution in [0.4, 0.5) is 0 Å². The van der Waals surface area contributed by atoms with Crippen molar-refractivity contribution in [2.45, 2.75) is 21.0 Å². The van der Waals surface area contributed by atoms with Crippen molar-refractivity contribution < 1.29 is 4.79 Å². The molecule has 2 nitrogen and oxygen atoms in total. The molecule has 22 heavy (non-hydrogen) atoms. The predicted octanol–water partition coefficient (Wildman–Crippen LogP) is 5.21. The molecule has 116 valence electrons. The Hall–Kier alpha value is -0.870. The van der Waals surface area contributed by atoms with Crippen molar-refractivity contribution in [3.8, 4) is 0 Å². The first-order chi connectivity index (χ1) is 10.4. The Morgan fingerprint density at radius 2 is 1.64 bits per heavy atom. The number of halogens is 3. The maximum absolute atomic E-state index is 12.4. The zero-order chi connectivity index (χ0) is 16.2. The topological polar surface area (TPSA) is 29.1 Å². The lowest BCUT2D eigenvalue weighted by molar-refractivity contribution is 0.0949. The highest BCUT2D eigenvalue weighted by molar-refractivity contribution is 8.00. The maximum atomic E-state index is 12.4. The molecule has 0 aliphatic carbocycles. The normalized spacial score (nSPS) is 12.7. The van der Waals surface area contributed by atoms with Crippen molar-refractivity contribution >= 4 is 52.5 Å². The molecule has 1 N–H and O–H groups in total. The molecular weight excluding hydrogens is 361 g/mol. The van der Waals surface area contributed by atoms with Gasteiger partial charge in [-0.3, -0.25) is 4.79 Å². The Labute approximate surface area is 149 Å². The zero-order valence-electron chi connectivity index (χ0n) is 11.7. The van der Waals surface area contributed by atoms with Crippen LogP contribution in [0, 0.1) is 6.92 Å². The summed E-state index contributed by atoms with van der Waals surface area (Å²) in [7, 11) is 0. The van der Waals surface area contributed by atoms with E-state index >= 15 is 0 Å². The van der Waals surface area contributed by atoms with Crippen LogP contribution in [0.5, 0.6) is 0 Å². The largest absolute Gasteiger partial charge is 0.336 e. The third kappa shape index (κ3) is 4.82. The third-order valence-corrected chi connectivity index (χ3v) is 5.24. The Morgan fingerprint density at radius 1 is 1.05 bits per heavy atom. The van der Waals surface area contributed by atoms with E-state index in [-0.39, 0.29) is 5.91 Å². The molecule has 0 fully saturated rings. The van der Waals surface area contributed by atoms with Crippen molar-refractivity contribution in [1.82, 2.24) is 5.32 Å². The monoisotopic (exact) mass is 373 g/mol. The minimum Gasteiger partial charge on any atom is -0.336 e. The molecule has 0 saturated heterocycles. The molecule has 0 aliphatic rings. The van der Waals surface area contributed by atoms with Gasteiger partial charge in [0.15, 0.2) is 0 Å². The molecular formula is C16H14Cl3NOS. The first kappa shape index (κ1) is 17.5. The van der Waals surface area contributed by atoms with Crippen LogP contribution in [0.25, 0.3) is 0 Å². The Bertz CT molecular complexity index is 643. The smallest absolute Gasteiger partial charge is 0.252 e. The molecule has 0 aromatic heterocycles. The molecule has 1 atom stereocenters. The van der Waals surface area contributed by atoms with Crippen LogP contribution >= 0.6 is 46.6 Å². The summed E-state index contributed by atoms with van der Waals surface area (Å²) in [6.07, 6.45) is 0. The van der Waals surface area contributed by atoms with Gasteiger partial charge in [0, 0.05) is 10.5 Å². The second-order valence-corrected chi connectivity index (χ2v) is 8.19. The van der Waals surface area contributed by atoms with Gasteiger partial charge in [-0.15, -0.1) is 0 Å². The number of nitrogens with one attached hydrogen (secondary N) is 1. The van der Waals surface area contributed by atoms with E-state index in [0.29, 0.717) is 5.56 Å². The number of aryl methyl sites for hydroxylation is 1. The molecule has 0 saturated carbocycles.